The number of likely N-dealkylation sites (N-methyl/N-ethyl adjacent to an activating group) is 1. The molecule has 2 aromatic carbocycles. The number of aromatic nitrogens is 1. The number of piperidine rings is 1. The molecule has 1 aromatic heterocycles. The Labute approximate surface area is 345 Å². The summed E-state index contributed by atoms with van der Waals surface area (Å²) in [6.45, 7) is 8.62. The fourth-order valence-electron chi connectivity index (χ4n) is 13.5. The topological polar surface area (TPSA) is 154 Å². The van der Waals surface area contributed by atoms with E-state index < -0.39 is 57.5 Å². The number of fused-ring (bicyclic) bond motifs is 6. The molecular formula is C46H58N4O9. The summed E-state index contributed by atoms with van der Waals surface area (Å²) in [6, 6.07) is 11.0. The van der Waals surface area contributed by atoms with Gasteiger partial charge in [0.2, 0.25) is 5.60 Å². The van der Waals surface area contributed by atoms with Gasteiger partial charge in [-0.25, -0.2) is 4.79 Å². The Bertz CT molecular complexity index is 2260. The summed E-state index contributed by atoms with van der Waals surface area (Å²) in [4.78, 5) is 53.2. The highest BCUT2D eigenvalue weighted by molar-refractivity contribution is 5.95. The Kier molecular flexibility index (Phi) is 9.36. The molecule has 59 heavy (non-hydrogen) atoms. The van der Waals surface area contributed by atoms with Crippen molar-refractivity contribution in [2.24, 2.45) is 11.3 Å². The molecule has 13 nitrogen and oxygen atoms in total. The number of hydrogen-bond acceptors (Lipinski definition) is 12. The maximum atomic E-state index is 15.3. The summed E-state index contributed by atoms with van der Waals surface area (Å²) in [6.07, 6.45) is 5.94. The molecule has 1 aliphatic carbocycles. The number of aliphatic hydroxyl groups is 2. The van der Waals surface area contributed by atoms with Gasteiger partial charge in [0.25, 0.3) is 0 Å². The summed E-state index contributed by atoms with van der Waals surface area (Å²) < 4.78 is 23.9. The number of H-pyrrole nitrogens is 1. The highest BCUT2D eigenvalue weighted by Gasteiger charge is 2.80. The number of ether oxygens (including phenoxy) is 4. The minimum Gasteiger partial charge on any atom is -0.496 e. The van der Waals surface area contributed by atoms with E-state index in [9.17, 15) is 19.8 Å². The molecule has 6 heterocycles. The van der Waals surface area contributed by atoms with Gasteiger partial charge >= 0.3 is 17.9 Å². The number of anilines is 1. The molecule has 2 bridgehead atoms. The van der Waals surface area contributed by atoms with Crippen LogP contribution < -0.4 is 9.64 Å². The molecular weight excluding hydrogens is 753 g/mol. The van der Waals surface area contributed by atoms with Gasteiger partial charge < -0.3 is 39.0 Å². The van der Waals surface area contributed by atoms with E-state index in [2.05, 4.69) is 39.1 Å². The molecule has 0 amide bonds. The van der Waals surface area contributed by atoms with E-state index in [1.165, 1.54) is 21.1 Å². The average molecular weight is 811 g/mol. The second-order valence-electron chi connectivity index (χ2n) is 18.2. The van der Waals surface area contributed by atoms with E-state index in [4.69, 9.17) is 18.9 Å². The Hall–Kier alpha value is -4.43. The summed E-state index contributed by atoms with van der Waals surface area (Å²) in [7, 11) is 6.15. The van der Waals surface area contributed by atoms with Crippen molar-refractivity contribution in [1.82, 2.24) is 14.8 Å². The van der Waals surface area contributed by atoms with Gasteiger partial charge in [0.15, 0.2) is 6.10 Å². The monoisotopic (exact) mass is 810 g/mol. The molecule has 4 unspecified atom stereocenters. The van der Waals surface area contributed by atoms with Crippen LogP contribution in [-0.4, -0.2) is 133 Å². The third-order valence-electron chi connectivity index (χ3n) is 15.6. The molecule has 13 heteroatoms. The van der Waals surface area contributed by atoms with Crippen LogP contribution in [0, 0.1) is 11.3 Å². The lowest BCUT2D eigenvalue weighted by Crippen LogP contribution is -2.81. The number of benzene rings is 2. The molecule has 9 rings (SSSR count). The zero-order chi connectivity index (χ0) is 41.9. The summed E-state index contributed by atoms with van der Waals surface area (Å²) >= 11 is 0. The van der Waals surface area contributed by atoms with Gasteiger partial charge in [0.1, 0.15) is 11.2 Å². The fourth-order valence-corrected chi connectivity index (χ4v) is 13.5. The van der Waals surface area contributed by atoms with Gasteiger partial charge in [0.05, 0.1) is 33.0 Å². The molecule has 0 radical (unpaired) electrons. The van der Waals surface area contributed by atoms with E-state index in [-0.39, 0.29) is 12.0 Å². The molecule has 1 saturated carbocycles. The summed E-state index contributed by atoms with van der Waals surface area (Å²) in [5.74, 6) is -1.56. The number of para-hydroxylation sites is 1. The maximum absolute atomic E-state index is 15.3. The lowest BCUT2D eigenvalue weighted by molar-refractivity contribution is -0.228. The van der Waals surface area contributed by atoms with E-state index in [1.54, 1.807) is 7.11 Å². The minimum atomic E-state index is -2.30. The quantitative estimate of drug-likeness (QED) is 0.180. The number of esters is 3. The smallest absolute Gasteiger partial charge is 0.344 e. The molecule has 2 saturated heterocycles. The van der Waals surface area contributed by atoms with Crippen molar-refractivity contribution in [2.75, 3.05) is 66.0 Å². The number of nitrogens with one attached hydrogen (secondary N) is 1. The van der Waals surface area contributed by atoms with E-state index in [0.717, 1.165) is 33.4 Å². The highest BCUT2D eigenvalue weighted by atomic mass is 16.6. The highest BCUT2D eigenvalue weighted by Crippen LogP contribution is 2.68. The largest absolute Gasteiger partial charge is 0.496 e. The van der Waals surface area contributed by atoms with Gasteiger partial charge in [0, 0.05) is 90.9 Å². The molecule has 10 atom stereocenters. The summed E-state index contributed by atoms with van der Waals surface area (Å²) in [5.41, 5.74) is -1.62. The molecule has 3 N–H and O–H groups in total. The van der Waals surface area contributed by atoms with Gasteiger partial charge in [-0.2, -0.15) is 0 Å². The minimum absolute atomic E-state index is 0.0986. The first-order valence-corrected chi connectivity index (χ1v) is 21.2. The third-order valence-corrected chi connectivity index (χ3v) is 15.6. The first-order chi connectivity index (χ1) is 28.2. The molecule has 3 aromatic rings. The van der Waals surface area contributed by atoms with Gasteiger partial charge in [-0.15, -0.1) is 0 Å². The van der Waals surface area contributed by atoms with Crippen molar-refractivity contribution >= 4 is 34.5 Å². The Morgan fingerprint density at radius 2 is 1.71 bits per heavy atom. The Morgan fingerprint density at radius 1 is 0.949 bits per heavy atom. The van der Waals surface area contributed by atoms with Crippen molar-refractivity contribution in [3.63, 3.8) is 0 Å². The molecule has 5 aliphatic heterocycles. The number of carbonyl (C=O) groups is 3. The van der Waals surface area contributed by atoms with Crippen molar-refractivity contribution < 1.29 is 43.5 Å². The molecule has 1 spiro atoms. The second-order valence-corrected chi connectivity index (χ2v) is 18.2. The van der Waals surface area contributed by atoms with Gasteiger partial charge in [-0.3, -0.25) is 19.4 Å². The Morgan fingerprint density at radius 3 is 2.41 bits per heavy atom. The zero-order valence-electron chi connectivity index (χ0n) is 35.3. The van der Waals surface area contributed by atoms with Gasteiger partial charge in [-0.1, -0.05) is 44.2 Å². The van der Waals surface area contributed by atoms with Crippen LogP contribution in [-0.2, 0) is 45.8 Å². The van der Waals surface area contributed by atoms with E-state index in [1.807, 2.05) is 50.1 Å². The van der Waals surface area contributed by atoms with Crippen molar-refractivity contribution in [3.8, 4) is 5.75 Å². The number of methoxy groups -OCH3 is 3. The lowest BCUT2D eigenvalue weighted by atomic mass is 9.47. The molecule has 6 aliphatic rings. The van der Waals surface area contributed by atoms with Crippen LogP contribution in [0.1, 0.15) is 75.3 Å². The Balaban J connectivity index is 1.36. The number of aromatic amines is 1. The SMILES string of the molecule is CC[C@]1(O)CC2CN(CCc3c([nH]c4ccccc34)[C@@](C(=O)OC)(c3cc4c(cc3OC)N(C)C3C45CCN4CC=C[C@](CC)([C@H]45)[C@@H](OC(C)=O)[C@]3(O)C(=O)OC)C2)C1. The predicted octanol–water partition coefficient (Wildman–Crippen LogP) is 3.99. The zero-order valence-corrected chi connectivity index (χ0v) is 35.3. The number of hydrogen-bond donors (Lipinski definition) is 3. The molecule has 316 valence electrons. The van der Waals surface area contributed by atoms with Crippen LogP contribution in [0.4, 0.5) is 5.69 Å². The first kappa shape index (κ1) is 40.0. The average Bonchev–Trinajstić information content (AvgIpc) is 3.90. The third kappa shape index (κ3) is 5.20. The van der Waals surface area contributed by atoms with Crippen LogP contribution in [0.3, 0.4) is 0 Å². The standard InChI is InChI=1S/C46H58N4O9/c1-8-42(54)23-28-24-45(40(52)57-6,36-30(15-19-49(25-28)26-42)29-13-10-11-14-33(29)47-36)32-21-31-34(22-35(32)56-5)48(4)38-44(31)17-20-50-18-12-16-43(9-2,37(44)50)39(59-27(3)51)46(38,55)41(53)58-7/h10-14,16,21-22,28,37-39,47,54-55H,8-9,15,17-20,23-26H2,1-7H3/t28?,37-,38?,39+,42-,43+,44?,45-,46-/m0/s1. The molecule has 3 fully saturated rings. The van der Waals surface area contributed by atoms with Crippen LogP contribution in [0.5, 0.6) is 5.75 Å². The first-order valence-electron chi connectivity index (χ1n) is 21.2. The van der Waals surface area contributed by atoms with Crippen LogP contribution >= 0.6 is 0 Å². The van der Waals surface area contributed by atoms with Crippen molar-refractivity contribution in [3.05, 3.63) is 70.9 Å². The van der Waals surface area contributed by atoms with Crippen molar-refractivity contribution in [2.45, 2.75) is 99.5 Å². The summed E-state index contributed by atoms with van der Waals surface area (Å²) in [5, 5.41) is 26.3. The number of nitrogens with zero attached hydrogens (tertiary/aromatic N) is 3. The number of rotatable bonds is 7. The van der Waals surface area contributed by atoms with Crippen LogP contribution in [0.2, 0.25) is 0 Å². The van der Waals surface area contributed by atoms with E-state index in [0.29, 0.717) is 82.6 Å². The normalized spacial score (nSPS) is 37.0. The predicted molar refractivity (Wildman–Crippen MR) is 220 cm³/mol. The van der Waals surface area contributed by atoms with Crippen LogP contribution in [0.25, 0.3) is 10.9 Å². The second kappa shape index (κ2) is 13.8. The van der Waals surface area contributed by atoms with Crippen molar-refractivity contribution in [1.29, 1.82) is 0 Å². The van der Waals surface area contributed by atoms with E-state index >= 15 is 4.79 Å². The fraction of sp³-hybridized carbons (Fsp3) is 0.587. The van der Waals surface area contributed by atoms with Gasteiger partial charge in [-0.05, 0) is 74.2 Å². The number of carbonyl (C=O) groups excluding carboxylic acids is 3. The maximum Gasteiger partial charge on any atom is 0.344 e. The lowest BCUT2D eigenvalue weighted by Gasteiger charge is -2.63. The van der Waals surface area contributed by atoms with Crippen LogP contribution in [0.15, 0.2) is 48.6 Å².